The van der Waals surface area contributed by atoms with Gasteiger partial charge in [-0.25, -0.2) is 13.8 Å². The molecule has 0 unspecified atom stereocenters. The van der Waals surface area contributed by atoms with Gasteiger partial charge in [-0.05, 0) is 54.4 Å². The summed E-state index contributed by atoms with van der Waals surface area (Å²) in [6.45, 7) is 2.01. The van der Waals surface area contributed by atoms with Gasteiger partial charge < -0.3 is 5.32 Å². The fourth-order valence-electron chi connectivity index (χ4n) is 4.07. The number of thioether (sulfide) groups is 1. The summed E-state index contributed by atoms with van der Waals surface area (Å²) in [4.78, 5) is 29.4. The number of aliphatic imine (C=N–C) groups is 1. The predicted molar refractivity (Wildman–Crippen MR) is 137 cm³/mol. The highest BCUT2D eigenvalue weighted by molar-refractivity contribution is 8.15. The molecule has 5 rings (SSSR count). The first kappa shape index (κ1) is 23.9. The van der Waals surface area contributed by atoms with Crippen LogP contribution in [0.3, 0.4) is 0 Å². The van der Waals surface area contributed by atoms with Gasteiger partial charge in [-0.3, -0.25) is 9.59 Å². The summed E-state index contributed by atoms with van der Waals surface area (Å²) in [5, 5.41) is 8.86. The van der Waals surface area contributed by atoms with E-state index in [1.807, 2.05) is 31.2 Å². The number of hydrazone groups is 1. The zero-order chi connectivity index (χ0) is 25.2. The van der Waals surface area contributed by atoms with E-state index >= 15 is 0 Å². The molecule has 0 saturated heterocycles. The summed E-state index contributed by atoms with van der Waals surface area (Å²) in [6.07, 6.45) is 0.468. The number of amidine groups is 1. The minimum atomic E-state index is -0.701. The minimum Gasteiger partial charge on any atom is -0.326 e. The van der Waals surface area contributed by atoms with Crippen molar-refractivity contribution in [1.82, 2.24) is 5.01 Å². The van der Waals surface area contributed by atoms with Crippen molar-refractivity contribution in [3.63, 3.8) is 0 Å². The zero-order valence-electron chi connectivity index (χ0n) is 19.3. The average molecular weight is 505 g/mol. The van der Waals surface area contributed by atoms with Gasteiger partial charge in [0.2, 0.25) is 5.91 Å². The van der Waals surface area contributed by atoms with Gasteiger partial charge in [0.25, 0.3) is 5.91 Å². The lowest BCUT2D eigenvalue weighted by Crippen LogP contribution is -2.25. The topological polar surface area (TPSA) is 74.1 Å². The third kappa shape index (κ3) is 5.21. The van der Waals surface area contributed by atoms with Crippen molar-refractivity contribution in [2.45, 2.75) is 31.1 Å². The first-order valence-electron chi connectivity index (χ1n) is 11.4. The van der Waals surface area contributed by atoms with E-state index in [1.165, 1.54) is 48.2 Å². The number of rotatable bonds is 5. The highest BCUT2D eigenvalue weighted by Crippen LogP contribution is 2.38. The Morgan fingerprint density at radius 2 is 1.64 bits per heavy atom. The van der Waals surface area contributed by atoms with Crippen LogP contribution in [0.4, 0.5) is 14.5 Å². The standard InChI is InChI=1S/C27H22F2N4O2S/c1-16-2-4-17(5-3-16)22-14-23(18-6-8-19(28)9-7-18)33(32-22)27-31-26(35)24(36-27)15-25(34)30-21-12-10-20(29)11-13-21/h2-13,23-24H,14-15H2,1H3,(H,30,34)/t23-,24+/m1/s1. The molecule has 1 N–H and O–H groups in total. The molecule has 6 nitrogen and oxygen atoms in total. The van der Waals surface area contributed by atoms with Crippen LogP contribution in [0.1, 0.15) is 35.6 Å². The quantitative estimate of drug-likeness (QED) is 0.501. The van der Waals surface area contributed by atoms with Crippen molar-refractivity contribution in [2.75, 3.05) is 5.32 Å². The molecule has 0 bridgehead atoms. The Labute approximate surface area is 211 Å². The van der Waals surface area contributed by atoms with Crippen LogP contribution in [0, 0.1) is 18.6 Å². The molecule has 0 aliphatic carbocycles. The molecule has 3 aromatic rings. The molecule has 2 atom stereocenters. The molecule has 3 aromatic carbocycles. The van der Waals surface area contributed by atoms with Crippen molar-refractivity contribution < 1.29 is 18.4 Å². The predicted octanol–water partition coefficient (Wildman–Crippen LogP) is 5.45. The Balaban J connectivity index is 1.35. The molecule has 2 aliphatic rings. The smallest absolute Gasteiger partial charge is 0.262 e. The van der Waals surface area contributed by atoms with Crippen LogP contribution in [0.2, 0.25) is 0 Å². The lowest BCUT2D eigenvalue weighted by molar-refractivity contribution is -0.121. The molecule has 0 aromatic heterocycles. The Morgan fingerprint density at radius 3 is 2.31 bits per heavy atom. The van der Waals surface area contributed by atoms with Gasteiger partial charge in [0, 0.05) is 18.5 Å². The maximum atomic E-state index is 13.6. The van der Waals surface area contributed by atoms with E-state index in [0.717, 1.165) is 22.4 Å². The number of hydrogen-bond donors (Lipinski definition) is 1. The summed E-state index contributed by atoms with van der Waals surface area (Å²) in [7, 11) is 0. The number of carbonyl (C=O) groups excluding carboxylic acids is 2. The molecule has 0 fully saturated rings. The molecular formula is C27H22F2N4O2S. The monoisotopic (exact) mass is 504 g/mol. The van der Waals surface area contributed by atoms with Crippen molar-refractivity contribution in [3.05, 3.63) is 101 Å². The number of hydrogen-bond acceptors (Lipinski definition) is 5. The van der Waals surface area contributed by atoms with Crippen molar-refractivity contribution in [2.24, 2.45) is 10.1 Å². The van der Waals surface area contributed by atoms with Gasteiger partial charge in [-0.1, -0.05) is 53.7 Å². The zero-order valence-corrected chi connectivity index (χ0v) is 20.1. The first-order chi connectivity index (χ1) is 17.4. The number of anilines is 1. The molecule has 0 radical (unpaired) electrons. The highest BCUT2D eigenvalue weighted by atomic mass is 32.2. The van der Waals surface area contributed by atoms with Crippen molar-refractivity contribution >= 4 is 40.1 Å². The summed E-state index contributed by atoms with van der Waals surface area (Å²) in [5.74, 6) is -1.53. The number of carbonyl (C=O) groups is 2. The lowest BCUT2D eigenvalue weighted by atomic mass is 9.98. The Bertz CT molecular complexity index is 1360. The first-order valence-corrected chi connectivity index (χ1v) is 12.3. The number of benzene rings is 3. The average Bonchev–Trinajstić information content (AvgIpc) is 3.45. The summed E-state index contributed by atoms with van der Waals surface area (Å²) < 4.78 is 26.7. The van der Waals surface area contributed by atoms with E-state index in [1.54, 1.807) is 17.1 Å². The van der Waals surface area contributed by atoms with Crippen LogP contribution in [-0.4, -0.2) is 33.0 Å². The second-order valence-electron chi connectivity index (χ2n) is 8.63. The van der Waals surface area contributed by atoms with E-state index in [9.17, 15) is 18.4 Å². The number of halogens is 2. The van der Waals surface area contributed by atoms with Gasteiger partial charge in [-0.15, -0.1) is 0 Å². The molecule has 2 amide bonds. The Morgan fingerprint density at radius 1 is 1.00 bits per heavy atom. The highest BCUT2D eigenvalue weighted by Gasteiger charge is 2.39. The molecule has 36 heavy (non-hydrogen) atoms. The van der Waals surface area contributed by atoms with Crippen molar-refractivity contribution in [1.29, 1.82) is 0 Å². The third-order valence-electron chi connectivity index (χ3n) is 5.97. The summed E-state index contributed by atoms with van der Waals surface area (Å²) >= 11 is 1.18. The molecule has 2 heterocycles. The summed E-state index contributed by atoms with van der Waals surface area (Å²) in [5.41, 5.74) is 4.21. The molecule has 9 heteroatoms. The molecular weight excluding hydrogens is 482 g/mol. The molecule has 2 aliphatic heterocycles. The summed E-state index contributed by atoms with van der Waals surface area (Å²) in [6, 6.07) is 19.4. The lowest BCUT2D eigenvalue weighted by Gasteiger charge is -2.23. The van der Waals surface area contributed by atoms with Gasteiger partial charge in [0.05, 0.1) is 11.8 Å². The fraction of sp³-hybridized carbons (Fsp3) is 0.185. The fourth-order valence-corrected chi connectivity index (χ4v) is 5.13. The third-order valence-corrected chi connectivity index (χ3v) is 7.12. The second-order valence-corrected chi connectivity index (χ2v) is 9.80. The molecule has 0 spiro atoms. The van der Waals surface area contributed by atoms with E-state index in [2.05, 4.69) is 10.3 Å². The number of aryl methyl sites for hydroxylation is 1. The van der Waals surface area contributed by atoms with Crippen LogP contribution in [-0.2, 0) is 9.59 Å². The maximum Gasteiger partial charge on any atom is 0.262 e. The Kier molecular flexibility index (Phi) is 6.65. The van der Waals surface area contributed by atoms with Gasteiger partial charge in [-0.2, -0.15) is 10.1 Å². The van der Waals surface area contributed by atoms with Crippen LogP contribution in [0.15, 0.2) is 82.9 Å². The van der Waals surface area contributed by atoms with E-state index in [-0.39, 0.29) is 24.2 Å². The van der Waals surface area contributed by atoms with E-state index < -0.39 is 17.0 Å². The second kappa shape index (κ2) is 10.0. The van der Waals surface area contributed by atoms with Crippen LogP contribution in [0.25, 0.3) is 0 Å². The maximum absolute atomic E-state index is 13.6. The molecule has 0 saturated carbocycles. The number of amides is 2. The van der Waals surface area contributed by atoms with Gasteiger partial charge in [0.15, 0.2) is 5.17 Å². The molecule has 182 valence electrons. The van der Waals surface area contributed by atoms with Crippen molar-refractivity contribution in [3.8, 4) is 0 Å². The van der Waals surface area contributed by atoms with Gasteiger partial charge >= 0.3 is 0 Å². The minimum absolute atomic E-state index is 0.0858. The Hall–Kier alpha value is -3.85. The van der Waals surface area contributed by atoms with Gasteiger partial charge in [0.1, 0.15) is 16.9 Å². The largest absolute Gasteiger partial charge is 0.326 e. The van der Waals surface area contributed by atoms with Crippen LogP contribution in [0.5, 0.6) is 0 Å². The normalized spacial score (nSPS) is 19.3. The number of nitrogens with zero attached hydrogens (tertiary/aromatic N) is 3. The number of nitrogens with one attached hydrogen (secondary N) is 1. The van der Waals surface area contributed by atoms with Crippen LogP contribution >= 0.6 is 11.8 Å². The van der Waals surface area contributed by atoms with Crippen LogP contribution < -0.4 is 5.32 Å². The van der Waals surface area contributed by atoms with E-state index in [4.69, 9.17) is 5.10 Å². The SMILES string of the molecule is Cc1ccc(C2=NN(C3=NC(=O)[C@H](CC(=O)Nc4ccc(F)cc4)S3)[C@@H](c3ccc(F)cc3)C2)cc1. The van der Waals surface area contributed by atoms with E-state index in [0.29, 0.717) is 17.3 Å².